The van der Waals surface area contributed by atoms with Gasteiger partial charge in [0, 0.05) is 38.5 Å². The van der Waals surface area contributed by atoms with Crippen LogP contribution in [0.25, 0.3) is 11.5 Å². The molecule has 9 heteroatoms. The Morgan fingerprint density at radius 3 is 2.45 bits per heavy atom. The van der Waals surface area contributed by atoms with E-state index in [-0.39, 0.29) is 18.5 Å². The summed E-state index contributed by atoms with van der Waals surface area (Å²) in [5, 5.41) is 3.52. The van der Waals surface area contributed by atoms with Gasteiger partial charge in [0.15, 0.2) is 5.82 Å². The molecule has 0 amide bonds. The van der Waals surface area contributed by atoms with Gasteiger partial charge in [-0.25, -0.2) is 9.97 Å². The van der Waals surface area contributed by atoms with Crippen LogP contribution in [0.3, 0.4) is 0 Å². The highest BCUT2D eigenvalue weighted by Crippen LogP contribution is 2.31. The molecule has 1 saturated carbocycles. The molecule has 3 heterocycles. The zero-order valence-electron chi connectivity index (χ0n) is 23.3. The van der Waals surface area contributed by atoms with Crippen LogP contribution in [0, 0.1) is 5.92 Å². The van der Waals surface area contributed by atoms with Crippen LogP contribution in [0.4, 0.5) is 11.6 Å². The standard InChI is InChI=1S/C31H39N5O4/c1-2-38-17-18-39-16-12-30(37)40-26-19-23(20-26)22-33-28-21-29(35-31(34-28)27-9-5-6-13-32-27)36-14-10-24-7-3-4-8-25(24)11-15-36/h3-9,13,21,23,26H,2,10-12,14-20,22H2,1H3,(H,33,34,35). The number of esters is 1. The van der Waals surface area contributed by atoms with Gasteiger partial charge in [0.2, 0.25) is 0 Å². The van der Waals surface area contributed by atoms with E-state index in [1.165, 1.54) is 11.1 Å². The van der Waals surface area contributed by atoms with Crippen molar-refractivity contribution in [2.24, 2.45) is 5.92 Å². The van der Waals surface area contributed by atoms with Crippen molar-refractivity contribution in [3.8, 4) is 11.5 Å². The number of pyridine rings is 1. The lowest BCUT2D eigenvalue weighted by Crippen LogP contribution is -2.37. The van der Waals surface area contributed by atoms with Crippen molar-refractivity contribution < 1.29 is 19.0 Å². The molecule has 0 bridgehead atoms. The normalized spacial score (nSPS) is 18.4. The van der Waals surface area contributed by atoms with Gasteiger partial charge in [-0.15, -0.1) is 0 Å². The van der Waals surface area contributed by atoms with Gasteiger partial charge in [0.25, 0.3) is 0 Å². The van der Waals surface area contributed by atoms with Crippen molar-refractivity contribution in [1.82, 2.24) is 15.0 Å². The Morgan fingerprint density at radius 2 is 1.73 bits per heavy atom. The molecule has 212 valence electrons. The Balaban J connectivity index is 1.15. The molecule has 1 N–H and O–H groups in total. The monoisotopic (exact) mass is 545 g/mol. The maximum Gasteiger partial charge on any atom is 0.308 e. The van der Waals surface area contributed by atoms with Gasteiger partial charge in [0.05, 0.1) is 26.2 Å². The number of carbonyl (C=O) groups is 1. The molecule has 40 heavy (non-hydrogen) atoms. The Kier molecular flexibility index (Phi) is 9.92. The van der Waals surface area contributed by atoms with E-state index in [1.807, 2.05) is 31.2 Å². The van der Waals surface area contributed by atoms with E-state index < -0.39 is 0 Å². The van der Waals surface area contributed by atoms with Crippen LogP contribution in [-0.2, 0) is 31.8 Å². The van der Waals surface area contributed by atoms with Crippen molar-refractivity contribution in [3.63, 3.8) is 0 Å². The first kappa shape index (κ1) is 28.0. The average Bonchev–Trinajstić information content (AvgIpc) is 3.19. The van der Waals surface area contributed by atoms with Gasteiger partial charge in [-0.1, -0.05) is 30.3 Å². The first-order chi connectivity index (χ1) is 19.7. The zero-order chi connectivity index (χ0) is 27.6. The molecular formula is C31H39N5O4. The smallest absolute Gasteiger partial charge is 0.308 e. The molecule has 1 aromatic carbocycles. The van der Waals surface area contributed by atoms with Crippen LogP contribution in [0.15, 0.2) is 54.7 Å². The molecular weight excluding hydrogens is 506 g/mol. The Labute approximate surface area is 236 Å². The lowest BCUT2D eigenvalue weighted by molar-refractivity contribution is -0.156. The molecule has 1 aliphatic carbocycles. The highest BCUT2D eigenvalue weighted by Gasteiger charge is 2.32. The van der Waals surface area contributed by atoms with E-state index in [1.54, 1.807) is 6.20 Å². The van der Waals surface area contributed by atoms with Crippen LogP contribution in [0.1, 0.15) is 37.3 Å². The molecule has 0 radical (unpaired) electrons. The van der Waals surface area contributed by atoms with E-state index in [0.717, 1.165) is 62.6 Å². The van der Waals surface area contributed by atoms with E-state index in [0.29, 0.717) is 38.2 Å². The summed E-state index contributed by atoms with van der Waals surface area (Å²) in [6.45, 7) is 6.59. The van der Waals surface area contributed by atoms with Crippen molar-refractivity contribution in [3.05, 3.63) is 65.9 Å². The number of ether oxygens (including phenoxy) is 3. The first-order valence-electron chi connectivity index (χ1n) is 14.4. The predicted octanol–water partition coefficient (Wildman–Crippen LogP) is 4.32. The number of nitrogens with one attached hydrogen (secondary N) is 1. The van der Waals surface area contributed by atoms with E-state index in [9.17, 15) is 4.79 Å². The minimum atomic E-state index is -0.201. The molecule has 9 nitrogen and oxygen atoms in total. The number of aromatic nitrogens is 3. The molecule has 0 atom stereocenters. The van der Waals surface area contributed by atoms with Crippen LogP contribution in [-0.4, -0.2) is 73.1 Å². The van der Waals surface area contributed by atoms with Crippen molar-refractivity contribution in [1.29, 1.82) is 0 Å². The maximum absolute atomic E-state index is 12.1. The van der Waals surface area contributed by atoms with E-state index in [4.69, 9.17) is 24.2 Å². The third-order valence-corrected chi connectivity index (χ3v) is 7.44. The van der Waals surface area contributed by atoms with Gasteiger partial charge in [0.1, 0.15) is 23.4 Å². The third kappa shape index (κ3) is 7.76. The molecule has 1 aliphatic heterocycles. The fourth-order valence-corrected chi connectivity index (χ4v) is 5.14. The second-order valence-corrected chi connectivity index (χ2v) is 10.3. The molecule has 2 aliphatic rings. The molecule has 1 fully saturated rings. The number of fused-ring (bicyclic) bond motifs is 1. The van der Waals surface area contributed by atoms with Crippen LogP contribution < -0.4 is 10.2 Å². The van der Waals surface area contributed by atoms with Crippen molar-refractivity contribution in [2.75, 3.05) is 56.3 Å². The summed E-state index contributed by atoms with van der Waals surface area (Å²) in [5.74, 6) is 2.54. The van der Waals surface area contributed by atoms with Gasteiger partial charge >= 0.3 is 5.97 Å². The summed E-state index contributed by atoms with van der Waals surface area (Å²) in [6, 6.07) is 16.5. The minimum absolute atomic E-state index is 0.0218. The first-order valence-corrected chi connectivity index (χ1v) is 14.4. The van der Waals surface area contributed by atoms with Gasteiger partial charge in [-0.2, -0.15) is 0 Å². The van der Waals surface area contributed by atoms with Crippen LogP contribution in [0.5, 0.6) is 0 Å². The number of nitrogens with zero attached hydrogens (tertiary/aromatic N) is 4. The molecule has 0 saturated heterocycles. The summed E-state index contributed by atoms with van der Waals surface area (Å²) in [7, 11) is 0. The van der Waals surface area contributed by atoms with E-state index in [2.05, 4.69) is 39.5 Å². The topological polar surface area (TPSA) is 98.7 Å². The summed E-state index contributed by atoms with van der Waals surface area (Å²) >= 11 is 0. The second kappa shape index (κ2) is 14.2. The summed E-state index contributed by atoms with van der Waals surface area (Å²) in [5.41, 5.74) is 3.58. The Bertz CT molecular complexity index is 1210. The molecule has 0 unspecified atom stereocenters. The third-order valence-electron chi connectivity index (χ3n) is 7.44. The number of hydrogen-bond acceptors (Lipinski definition) is 9. The largest absolute Gasteiger partial charge is 0.462 e. The molecule has 3 aromatic rings. The second-order valence-electron chi connectivity index (χ2n) is 10.3. The molecule has 0 spiro atoms. The fraction of sp³-hybridized carbons (Fsp3) is 0.484. The highest BCUT2D eigenvalue weighted by molar-refractivity contribution is 5.69. The Morgan fingerprint density at radius 1 is 0.975 bits per heavy atom. The fourth-order valence-electron chi connectivity index (χ4n) is 5.14. The average molecular weight is 546 g/mol. The number of anilines is 2. The number of hydrogen-bond donors (Lipinski definition) is 1. The quantitative estimate of drug-likeness (QED) is 0.249. The maximum atomic E-state index is 12.1. The number of rotatable bonds is 13. The highest BCUT2D eigenvalue weighted by atomic mass is 16.6. The number of carbonyl (C=O) groups excluding carboxylic acids is 1. The van der Waals surface area contributed by atoms with Gasteiger partial charge < -0.3 is 24.4 Å². The van der Waals surface area contributed by atoms with Crippen LogP contribution >= 0.6 is 0 Å². The molecule has 2 aromatic heterocycles. The van der Waals surface area contributed by atoms with Gasteiger partial charge in [-0.3, -0.25) is 9.78 Å². The SMILES string of the molecule is CCOCCOCCC(=O)OC1CC(CNc2cc(N3CCc4ccccc4CC3)nc(-c3ccccn3)n2)C1. The predicted molar refractivity (Wildman–Crippen MR) is 154 cm³/mol. The minimum Gasteiger partial charge on any atom is -0.462 e. The number of benzene rings is 1. The molecule has 5 rings (SSSR count). The van der Waals surface area contributed by atoms with Crippen molar-refractivity contribution >= 4 is 17.6 Å². The lowest BCUT2D eigenvalue weighted by atomic mass is 9.82. The summed E-state index contributed by atoms with van der Waals surface area (Å²) < 4.78 is 16.2. The Hall–Kier alpha value is -3.56. The lowest BCUT2D eigenvalue weighted by Gasteiger charge is -2.35. The van der Waals surface area contributed by atoms with E-state index >= 15 is 0 Å². The summed E-state index contributed by atoms with van der Waals surface area (Å²) in [4.78, 5) is 28.7. The zero-order valence-corrected chi connectivity index (χ0v) is 23.3. The van der Waals surface area contributed by atoms with Crippen LogP contribution in [0.2, 0.25) is 0 Å². The van der Waals surface area contributed by atoms with Crippen molar-refractivity contribution in [2.45, 2.75) is 45.1 Å². The van der Waals surface area contributed by atoms with Gasteiger partial charge in [-0.05, 0) is 61.8 Å². The summed E-state index contributed by atoms with van der Waals surface area (Å²) in [6.07, 6.45) is 5.69.